The van der Waals surface area contributed by atoms with Crippen LogP contribution in [-0.2, 0) is 9.84 Å². The molecule has 2 rings (SSSR count). The fraction of sp³-hybridized carbons (Fsp3) is 0.538. The third-order valence-electron chi connectivity index (χ3n) is 3.49. The molecule has 1 heterocycles. The van der Waals surface area contributed by atoms with Crippen molar-refractivity contribution in [3.05, 3.63) is 30.3 Å². The molecule has 0 aliphatic carbocycles. The molecule has 0 amide bonds. The van der Waals surface area contributed by atoms with Crippen LogP contribution in [0.1, 0.15) is 19.3 Å². The van der Waals surface area contributed by atoms with Gasteiger partial charge in [-0.05, 0) is 45.0 Å². The number of nitrogens with zero attached hydrogens (tertiary/aromatic N) is 1. The second kappa shape index (κ2) is 5.19. The van der Waals surface area contributed by atoms with E-state index < -0.39 is 9.84 Å². The Morgan fingerprint density at radius 3 is 2.59 bits per heavy atom. The lowest BCUT2D eigenvalue weighted by molar-refractivity contribution is 0.304. The Hall–Kier alpha value is -0.870. The smallest absolute Gasteiger partial charge is 0.178 e. The minimum Gasteiger partial charge on any atom is -0.303 e. The molecular weight excluding hydrogens is 234 g/mol. The molecule has 1 fully saturated rings. The molecular formula is C13H19NO2S. The molecule has 1 saturated heterocycles. The summed E-state index contributed by atoms with van der Waals surface area (Å²) < 4.78 is 24.2. The molecule has 0 spiro atoms. The monoisotopic (exact) mass is 253 g/mol. The summed E-state index contributed by atoms with van der Waals surface area (Å²) in [7, 11) is -1.02. The number of likely N-dealkylation sites (tertiary alicyclic amines) is 1. The van der Waals surface area contributed by atoms with Gasteiger partial charge in [-0.1, -0.05) is 18.2 Å². The number of rotatable bonds is 4. The lowest BCUT2D eigenvalue weighted by Crippen LogP contribution is -2.27. The Labute approximate surface area is 103 Å². The highest BCUT2D eigenvalue weighted by molar-refractivity contribution is 7.91. The predicted molar refractivity (Wildman–Crippen MR) is 68.8 cm³/mol. The largest absolute Gasteiger partial charge is 0.303 e. The normalized spacial score (nSPS) is 21.8. The molecule has 17 heavy (non-hydrogen) atoms. The highest BCUT2D eigenvalue weighted by Gasteiger charge is 2.23. The van der Waals surface area contributed by atoms with Gasteiger partial charge in [0.15, 0.2) is 9.84 Å². The highest BCUT2D eigenvalue weighted by atomic mass is 32.2. The maximum Gasteiger partial charge on any atom is 0.178 e. The van der Waals surface area contributed by atoms with Crippen LogP contribution in [-0.4, -0.2) is 38.7 Å². The quantitative estimate of drug-likeness (QED) is 0.823. The van der Waals surface area contributed by atoms with Crippen LogP contribution in [0.2, 0.25) is 0 Å². The van der Waals surface area contributed by atoms with Crippen LogP contribution >= 0.6 is 0 Å². The Morgan fingerprint density at radius 1 is 1.29 bits per heavy atom. The number of sulfone groups is 1. The molecule has 0 radical (unpaired) electrons. The van der Waals surface area contributed by atoms with Gasteiger partial charge in [-0.25, -0.2) is 8.42 Å². The Morgan fingerprint density at radius 2 is 2.00 bits per heavy atom. The van der Waals surface area contributed by atoms with Crippen molar-refractivity contribution in [2.75, 3.05) is 19.3 Å². The summed E-state index contributed by atoms with van der Waals surface area (Å²) in [5.41, 5.74) is 0. The Kier molecular flexibility index (Phi) is 3.84. The zero-order chi connectivity index (χ0) is 12.3. The summed E-state index contributed by atoms with van der Waals surface area (Å²) in [6, 6.07) is 9.17. The first-order valence-corrected chi connectivity index (χ1v) is 7.73. The third kappa shape index (κ3) is 3.07. The molecule has 1 aliphatic heterocycles. The van der Waals surface area contributed by atoms with Crippen molar-refractivity contribution in [1.29, 1.82) is 0 Å². The first-order chi connectivity index (χ1) is 8.09. The van der Waals surface area contributed by atoms with Crippen molar-refractivity contribution in [3.8, 4) is 0 Å². The second-order valence-electron chi connectivity index (χ2n) is 4.70. The van der Waals surface area contributed by atoms with Gasteiger partial charge in [0.1, 0.15) is 0 Å². The van der Waals surface area contributed by atoms with E-state index in [1.807, 2.05) is 6.07 Å². The summed E-state index contributed by atoms with van der Waals surface area (Å²) in [5, 5.41) is 0. The van der Waals surface area contributed by atoms with Crippen LogP contribution in [0.4, 0.5) is 0 Å². The van der Waals surface area contributed by atoms with Gasteiger partial charge in [0.05, 0.1) is 10.6 Å². The van der Waals surface area contributed by atoms with Crippen molar-refractivity contribution >= 4 is 9.84 Å². The second-order valence-corrected chi connectivity index (χ2v) is 6.81. The molecule has 1 atom stereocenters. The SMILES string of the molecule is CN1CCC[C@@H]1CCS(=O)(=O)c1ccccc1. The molecule has 0 bridgehead atoms. The van der Waals surface area contributed by atoms with Crippen molar-refractivity contribution in [2.45, 2.75) is 30.2 Å². The van der Waals surface area contributed by atoms with Gasteiger partial charge in [0.25, 0.3) is 0 Å². The van der Waals surface area contributed by atoms with Crippen molar-refractivity contribution in [2.24, 2.45) is 0 Å². The molecule has 0 unspecified atom stereocenters. The summed E-state index contributed by atoms with van der Waals surface area (Å²) in [6.07, 6.45) is 3.06. The predicted octanol–water partition coefficient (Wildman–Crippen LogP) is 1.94. The van der Waals surface area contributed by atoms with Gasteiger partial charge < -0.3 is 4.90 Å². The van der Waals surface area contributed by atoms with Crippen molar-refractivity contribution in [1.82, 2.24) is 4.90 Å². The number of hydrogen-bond donors (Lipinski definition) is 0. The van der Waals surface area contributed by atoms with Gasteiger partial charge in [-0.2, -0.15) is 0 Å². The molecule has 0 aromatic heterocycles. The topological polar surface area (TPSA) is 37.4 Å². The van der Waals surface area contributed by atoms with Gasteiger partial charge in [0, 0.05) is 6.04 Å². The Bertz CT molecular complexity index is 456. The van der Waals surface area contributed by atoms with Gasteiger partial charge in [0.2, 0.25) is 0 Å². The zero-order valence-electron chi connectivity index (χ0n) is 10.2. The number of hydrogen-bond acceptors (Lipinski definition) is 3. The summed E-state index contributed by atoms with van der Waals surface area (Å²) in [4.78, 5) is 2.71. The lowest BCUT2D eigenvalue weighted by atomic mass is 10.2. The van der Waals surface area contributed by atoms with Crippen LogP contribution in [0, 0.1) is 0 Å². The molecule has 3 nitrogen and oxygen atoms in total. The summed E-state index contributed by atoms with van der Waals surface area (Å²) in [5.74, 6) is 0.256. The molecule has 94 valence electrons. The third-order valence-corrected chi connectivity index (χ3v) is 5.26. The van der Waals surface area contributed by atoms with Crippen molar-refractivity contribution in [3.63, 3.8) is 0 Å². The average Bonchev–Trinajstić information content (AvgIpc) is 2.74. The molecule has 0 saturated carbocycles. The minimum atomic E-state index is -3.10. The van der Waals surface area contributed by atoms with E-state index >= 15 is 0 Å². The molecule has 0 N–H and O–H groups in total. The van der Waals surface area contributed by atoms with E-state index in [1.54, 1.807) is 24.3 Å². The van der Waals surface area contributed by atoms with Crippen molar-refractivity contribution < 1.29 is 8.42 Å². The van der Waals surface area contributed by atoms with E-state index in [0.717, 1.165) is 19.4 Å². The van der Waals surface area contributed by atoms with Gasteiger partial charge in [-0.3, -0.25) is 0 Å². The van der Waals surface area contributed by atoms with Crippen LogP contribution in [0.5, 0.6) is 0 Å². The van der Waals surface area contributed by atoms with E-state index in [1.165, 1.54) is 6.42 Å². The standard InChI is InChI=1S/C13H19NO2S/c1-14-10-5-6-12(14)9-11-17(15,16)13-7-3-2-4-8-13/h2-4,7-8,12H,5-6,9-11H2,1H3/t12-/m1/s1. The first kappa shape index (κ1) is 12.6. The van der Waals surface area contributed by atoms with E-state index in [4.69, 9.17) is 0 Å². The minimum absolute atomic E-state index is 0.256. The lowest BCUT2D eigenvalue weighted by Gasteiger charge is -2.18. The van der Waals surface area contributed by atoms with E-state index in [9.17, 15) is 8.42 Å². The van der Waals surface area contributed by atoms with Crippen LogP contribution in [0.15, 0.2) is 35.2 Å². The maximum absolute atomic E-state index is 12.1. The van der Waals surface area contributed by atoms with Gasteiger partial charge in [-0.15, -0.1) is 0 Å². The molecule has 1 aliphatic rings. The zero-order valence-corrected chi connectivity index (χ0v) is 11.0. The fourth-order valence-corrected chi connectivity index (χ4v) is 3.77. The first-order valence-electron chi connectivity index (χ1n) is 6.07. The van der Waals surface area contributed by atoms with Crippen LogP contribution < -0.4 is 0 Å². The summed E-state index contributed by atoms with van der Waals surface area (Å²) >= 11 is 0. The highest BCUT2D eigenvalue weighted by Crippen LogP contribution is 2.20. The molecule has 1 aromatic carbocycles. The Balaban J connectivity index is 1.99. The maximum atomic E-state index is 12.1. The fourth-order valence-electron chi connectivity index (χ4n) is 2.38. The van der Waals surface area contributed by atoms with E-state index in [-0.39, 0.29) is 5.75 Å². The molecule has 1 aromatic rings. The van der Waals surface area contributed by atoms with E-state index in [0.29, 0.717) is 10.9 Å². The van der Waals surface area contributed by atoms with Crippen LogP contribution in [0.25, 0.3) is 0 Å². The number of benzene rings is 1. The molecule has 4 heteroatoms. The van der Waals surface area contributed by atoms with E-state index in [2.05, 4.69) is 11.9 Å². The summed E-state index contributed by atoms with van der Waals surface area (Å²) in [6.45, 7) is 1.09. The average molecular weight is 253 g/mol. The van der Waals surface area contributed by atoms with Crippen LogP contribution in [0.3, 0.4) is 0 Å². The van der Waals surface area contributed by atoms with Gasteiger partial charge >= 0.3 is 0 Å².